The molecule has 0 unspecified atom stereocenters. The van der Waals surface area contributed by atoms with Gasteiger partial charge in [-0.2, -0.15) is 0 Å². The minimum Gasteiger partial charge on any atom is -0.478 e. The molecule has 0 bridgehead atoms. The molecule has 1 fully saturated rings. The van der Waals surface area contributed by atoms with Crippen LogP contribution in [0.2, 0.25) is 0 Å². The van der Waals surface area contributed by atoms with Gasteiger partial charge in [-0.3, -0.25) is 0 Å². The number of carbonyl (C=O) groups is 1. The Labute approximate surface area is 114 Å². The molecule has 5 nitrogen and oxygen atoms in total. The first-order chi connectivity index (χ1) is 9.24. The molecule has 98 valence electrons. The van der Waals surface area contributed by atoms with Gasteiger partial charge in [0.2, 0.25) is 5.95 Å². The SMILES string of the molecule is O=C(O)c1cnc(N(Cc2cccs2)C2CC2)nc1. The molecular formula is C13H13N3O2S. The Bertz CT molecular complexity index is 564. The number of hydrogen-bond donors (Lipinski definition) is 1. The van der Waals surface area contributed by atoms with Crippen molar-refractivity contribution in [1.82, 2.24) is 9.97 Å². The lowest BCUT2D eigenvalue weighted by Crippen LogP contribution is -2.26. The second-order valence-electron chi connectivity index (χ2n) is 4.52. The Morgan fingerprint density at radius 2 is 2.16 bits per heavy atom. The minimum absolute atomic E-state index is 0.121. The van der Waals surface area contributed by atoms with Crippen LogP contribution in [-0.4, -0.2) is 27.1 Å². The number of aromatic nitrogens is 2. The van der Waals surface area contributed by atoms with Crippen LogP contribution in [0.15, 0.2) is 29.9 Å². The normalized spacial score (nSPS) is 14.3. The van der Waals surface area contributed by atoms with E-state index in [4.69, 9.17) is 5.11 Å². The summed E-state index contributed by atoms with van der Waals surface area (Å²) in [4.78, 5) is 22.6. The Morgan fingerprint density at radius 1 is 1.42 bits per heavy atom. The average Bonchev–Trinajstić information content (AvgIpc) is 3.13. The summed E-state index contributed by atoms with van der Waals surface area (Å²) in [7, 11) is 0. The van der Waals surface area contributed by atoms with Crippen LogP contribution in [0.25, 0.3) is 0 Å². The Morgan fingerprint density at radius 3 is 2.68 bits per heavy atom. The summed E-state index contributed by atoms with van der Waals surface area (Å²) in [5.74, 6) is -0.385. The van der Waals surface area contributed by atoms with Gasteiger partial charge < -0.3 is 10.0 Å². The molecule has 3 rings (SSSR count). The van der Waals surface area contributed by atoms with Crippen LogP contribution >= 0.6 is 11.3 Å². The third kappa shape index (κ3) is 2.73. The molecule has 1 aliphatic rings. The van der Waals surface area contributed by atoms with Crippen molar-refractivity contribution in [3.63, 3.8) is 0 Å². The molecule has 0 atom stereocenters. The number of rotatable bonds is 5. The summed E-state index contributed by atoms with van der Waals surface area (Å²) in [6.45, 7) is 0.786. The molecule has 2 aromatic rings. The zero-order valence-corrected chi connectivity index (χ0v) is 11.0. The number of carboxylic acid groups (broad SMARTS) is 1. The molecule has 0 amide bonds. The van der Waals surface area contributed by atoms with Gasteiger partial charge in [-0.25, -0.2) is 14.8 Å². The highest BCUT2D eigenvalue weighted by molar-refractivity contribution is 7.09. The third-order valence-electron chi connectivity index (χ3n) is 3.04. The minimum atomic E-state index is -0.997. The van der Waals surface area contributed by atoms with Crippen molar-refractivity contribution in [2.75, 3.05) is 4.90 Å². The summed E-state index contributed by atoms with van der Waals surface area (Å²) in [5.41, 5.74) is 0.121. The number of hydrogen-bond acceptors (Lipinski definition) is 5. The van der Waals surface area contributed by atoms with E-state index >= 15 is 0 Å². The summed E-state index contributed by atoms with van der Waals surface area (Å²) in [6.07, 6.45) is 5.04. The van der Waals surface area contributed by atoms with Crippen LogP contribution in [0.1, 0.15) is 28.1 Å². The number of carboxylic acids is 1. The first-order valence-corrected chi connectivity index (χ1v) is 6.96. The number of aromatic carboxylic acids is 1. The van der Waals surface area contributed by atoms with Crippen LogP contribution in [0.5, 0.6) is 0 Å². The smallest absolute Gasteiger partial charge is 0.338 e. The number of nitrogens with zero attached hydrogens (tertiary/aromatic N) is 3. The zero-order chi connectivity index (χ0) is 13.2. The van der Waals surface area contributed by atoms with Crippen LogP contribution in [0, 0.1) is 0 Å². The van der Waals surface area contributed by atoms with E-state index in [2.05, 4.69) is 26.3 Å². The summed E-state index contributed by atoms with van der Waals surface area (Å²) in [5, 5.41) is 10.9. The standard InChI is InChI=1S/C13H13N3O2S/c17-12(18)9-6-14-13(15-7-9)16(10-3-4-10)8-11-2-1-5-19-11/h1-2,5-7,10H,3-4,8H2,(H,17,18). The van der Waals surface area contributed by atoms with E-state index < -0.39 is 5.97 Å². The van der Waals surface area contributed by atoms with Crippen molar-refractivity contribution in [1.29, 1.82) is 0 Å². The fraction of sp³-hybridized carbons (Fsp3) is 0.308. The van der Waals surface area contributed by atoms with E-state index in [9.17, 15) is 4.79 Å². The Hall–Kier alpha value is -1.95. The second-order valence-corrected chi connectivity index (χ2v) is 5.55. The Kier molecular flexibility index (Phi) is 3.16. The third-order valence-corrected chi connectivity index (χ3v) is 3.90. The molecule has 1 aliphatic carbocycles. The van der Waals surface area contributed by atoms with Crippen molar-refractivity contribution in [3.8, 4) is 0 Å². The second kappa shape index (κ2) is 4.97. The monoisotopic (exact) mass is 275 g/mol. The van der Waals surface area contributed by atoms with Crippen molar-refractivity contribution >= 4 is 23.3 Å². The lowest BCUT2D eigenvalue weighted by molar-refractivity contribution is 0.0696. The highest BCUT2D eigenvalue weighted by atomic mass is 32.1. The molecule has 0 aliphatic heterocycles. The van der Waals surface area contributed by atoms with Gasteiger partial charge in [0.25, 0.3) is 0 Å². The van der Waals surface area contributed by atoms with Crippen LogP contribution in [0.3, 0.4) is 0 Å². The molecule has 0 spiro atoms. The zero-order valence-electron chi connectivity index (χ0n) is 10.2. The molecule has 2 heterocycles. The highest BCUT2D eigenvalue weighted by Gasteiger charge is 2.31. The molecule has 0 radical (unpaired) electrons. The largest absolute Gasteiger partial charge is 0.478 e. The number of thiophene rings is 1. The van der Waals surface area contributed by atoms with Gasteiger partial charge in [0.15, 0.2) is 0 Å². The van der Waals surface area contributed by atoms with E-state index in [-0.39, 0.29) is 5.56 Å². The maximum Gasteiger partial charge on any atom is 0.338 e. The molecule has 0 aromatic carbocycles. The van der Waals surface area contributed by atoms with Crippen molar-refractivity contribution in [2.45, 2.75) is 25.4 Å². The van der Waals surface area contributed by atoms with E-state index in [1.54, 1.807) is 11.3 Å². The van der Waals surface area contributed by atoms with Crippen molar-refractivity contribution < 1.29 is 9.90 Å². The first kappa shape index (κ1) is 12.1. The predicted molar refractivity (Wildman–Crippen MR) is 72.5 cm³/mol. The first-order valence-electron chi connectivity index (χ1n) is 6.08. The van der Waals surface area contributed by atoms with Crippen LogP contribution in [-0.2, 0) is 6.54 Å². The summed E-state index contributed by atoms with van der Waals surface area (Å²) in [6, 6.07) is 4.60. The van der Waals surface area contributed by atoms with Crippen LogP contribution < -0.4 is 4.90 Å². The van der Waals surface area contributed by atoms with E-state index in [0.29, 0.717) is 12.0 Å². The number of anilines is 1. The molecule has 6 heteroatoms. The highest BCUT2D eigenvalue weighted by Crippen LogP contribution is 2.31. The molecule has 1 N–H and O–H groups in total. The van der Waals surface area contributed by atoms with Crippen molar-refractivity contribution in [2.24, 2.45) is 0 Å². The van der Waals surface area contributed by atoms with Gasteiger partial charge in [-0.15, -0.1) is 11.3 Å². The molecule has 19 heavy (non-hydrogen) atoms. The fourth-order valence-electron chi connectivity index (χ4n) is 1.90. The van der Waals surface area contributed by atoms with Gasteiger partial charge in [0, 0.05) is 23.3 Å². The molecule has 2 aromatic heterocycles. The Balaban J connectivity index is 1.81. The van der Waals surface area contributed by atoms with Gasteiger partial charge in [0.1, 0.15) is 0 Å². The van der Waals surface area contributed by atoms with Gasteiger partial charge >= 0.3 is 5.97 Å². The lowest BCUT2D eigenvalue weighted by Gasteiger charge is -2.21. The maximum absolute atomic E-state index is 10.8. The van der Waals surface area contributed by atoms with Crippen LogP contribution in [0.4, 0.5) is 5.95 Å². The van der Waals surface area contributed by atoms with Crippen molar-refractivity contribution in [3.05, 3.63) is 40.3 Å². The predicted octanol–water partition coefficient (Wildman–Crippen LogP) is 2.41. The molecule has 0 saturated heterocycles. The van der Waals surface area contributed by atoms with Gasteiger partial charge in [-0.05, 0) is 24.3 Å². The van der Waals surface area contributed by atoms with E-state index in [1.165, 1.54) is 17.3 Å². The van der Waals surface area contributed by atoms with Gasteiger partial charge in [0.05, 0.1) is 12.1 Å². The fourth-order valence-corrected chi connectivity index (χ4v) is 2.60. The summed E-state index contributed by atoms with van der Waals surface area (Å²) < 4.78 is 0. The van der Waals surface area contributed by atoms with E-state index in [0.717, 1.165) is 19.4 Å². The lowest BCUT2D eigenvalue weighted by atomic mass is 10.3. The molecule has 1 saturated carbocycles. The average molecular weight is 275 g/mol. The van der Waals surface area contributed by atoms with Gasteiger partial charge in [-0.1, -0.05) is 6.07 Å². The topological polar surface area (TPSA) is 66.3 Å². The maximum atomic E-state index is 10.8. The summed E-state index contributed by atoms with van der Waals surface area (Å²) >= 11 is 1.71. The quantitative estimate of drug-likeness (QED) is 0.907. The van der Waals surface area contributed by atoms with E-state index in [1.807, 2.05) is 6.07 Å². The molecular weight excluding hydrogens is 262 g/mol.